The number of methoxy groups -OCH3 is 1. The zero-order valence-electron chi connectivity index (χ0n) is 13.9. The number of thiophene rings is 1. The lowest BCUT2D eigenvalue weighted by Crippen LogP contribution is -2.15. The number of ketones is 2. The van der Waals surface area contributed by atoms with Crippen LogP contribution in [-0.2, 0) is 0 Å². The molecule has 128 valence electrons. The zero-order chi connectivity index (χ0) is 18.3. The lowest BCUT2D eigenvalue weighted by Gasteiger charge is -2.22. The summed E-state index contributed by atoms with van der Waals surface area (Å²) in [5.41, 5.74) is 2.58. The number of hydrogen-bond acceptors (Lipinski definition) is 5. The molecule has 0 fully saturated rings. The van der Waals surface area contributed by atoms with Crippen LogP contribution in [0.25, 0.3) is 5.57 Å². The highest BCUT2D eigenvalue weighted by Gasteiger charge is 2.29. The molecular weight excluding hydrogens is 348 g/mol. The van der Waals surface area contributed by atoms with Crippen LogP contribution in [0.3, 0.4) is 0 Å². The average molecular weight is 362 g/mol. The summed E-state index contributed by atoms with van der Waals surface area (Å²) >= 11 is 1.30. The van der Waals surface area contributed by atoms with Gasteiger partial charge >= 0.3 is 0 Å². The van der Waals surface area contributed by atoms with Gasteiger partial charge in [0, 0.05) is 17.0 Å². The summed E-state index contributed by atoms with van der Waals surface area (Å²) in [7, 11) is 1.55. The van der Waals surface area contributed by atoms with Gasteiger partial charge in [0.2, 0.25) is 0 Å². The number of hydrogen-bond donors (Lipinski definition) is 1. The summed E-state index contributed by atoms with van der Waals surface area (Å²) in [6.07, 6.45) is 1.52. The largest absolute Gasteiger partial charge is 0.507 e. The Balaban J connectivity index is 1.91. The van der Waals surface area contributed by atoms with Gasteiger partial charge in [0.25, 0.3) is 0 Å². The van der Waals surface area contributed by atoms with Crippen LogP contribution in [0.2, 0.25) is 0 Å². The summed E-state index contributed by atoms with van der Waals surface area (Å²) in [4.78, 5) is 26.1. The van der Waals surface area contributed by atoms with Crippen molar-refractivity contribution in [3.05, 3.63) is 87.1 Å². The summed E-state index contributed by atoms with van der Waals surface area (Å²) in [6, 6.07) is 13.7. The molecule has 2 aromatic carbocycles. The first-order chi connectivity index (χ1) is 12.6. The van der Waals surface area contributed by atoms with Crippen LogP contribution < -0.4 is 4.74 Å². The van der Waals surface area contributed by atoms with Crippen molar-refractivity contribution in [1.29, 1.82) is 0 Å². The minimum Gasteiger partial charge on any atom is -0.507 e. The molecule has 0 atom stereocenters. The first-order valence-corrected chi connectivity index (χ1v) is 8.83. The zero-order valence-corrected chi connectivity index (χ0v) is 14.7. The van der Waals surface area contributed by atoms with Crippen molar-refractivity contribution >= 4 is 28.5 Å². The fourth-order valence-corrected chi connectivity index (χ4v) is 3.88. The molecule has 5 heteroatoms. The average Bonchev–Trinajstić information content (AvgIpc) is 3.14. The minimum absolute atomic E-state index is 0.0851. The second-order valence-electron chi connectivity index (χ2n) is 5.85. The van der Waals surface area contributed by atoms with Gasteiger partial charge in [-0.05, 0) is 28.8 Å². The van der Waals surface area contributed by atoms with Crippen LogP contribution in [0.15, 0.2) is 60.0 Å². The van der Waals surface area contributed by atoms with E-state index in [1.54, 1.807) is 42.8 Å². The van der Waals surface area contributed by atoms with Gasteiger partial charge in [-0.25, -0.2) is 0 Å². The Kier molecular flexibility index (Phi) is 3.93. The van der Waals surface area contributed by atoms with Gasteiger partial charge in [-0.3, -0.25) is 9.59 Å². The Labute approximate surface area is 154 Å². The third-order valence-electron chi connectivity index (χ3n) is 4.35. The normalized spacial score (nSPS) is 14.0. The Morgan fingerprint density at radius 1 is 1.08 bits per heavy atom. The summed E-state index contributed by atoms with van der Waals surface area (Å²) < 4.78 is 5.14. The molecule has 4 rings (SSSR count). The lowest BCUT2D eigenvalue weighted by molar-refractivity contribution is 0.102. The van der Waals surface area contributed by atoms with Gasteiger partial charge in [0.05, 0.1) is 17.6 Å². The molecule has 0 amide bonds. The molecular formula is C21H14O4S. The Morgan fingerprint density at radius 2 is 1.81 bits per heavy atom. The standard InChI is InChI=1S/C21H14O4S/c1-25-12-9-19(26-11-12)18(23)10-16-13-5-2-3-6-15(13)21(24)20-14(16)7-4-8-17(20)22/h2-11,22H,1H3. The van der Waals surface area contributed by atoms with Crippen molar-refractivity contribution in [1.82, 2.24) is 0 Å². The number of fused-ring (bicyclic) bond motifs is 2. The number of benzene rings is 2. The molecule has 1 heterocycles. The van der Waals surface area contributed by atoms with Crippen LogP contribution in [0.5, 0.6) is 11.5 Å². The van der Waals surface area contributed by atoms with Crippen LogP contribution in [0, 0.1) is 0 Å². The molecule has 4 nitrogen and oxygen atoms in total. The van der Waals surface area contributed by atoms with Crippen molar-refractivity contribution in [2.75, 3.05) is 7.11 Å². The number of ether oxygens (including phenoxy) is 1. The molecule has 0 saturated carbocycles. The Morgan fingerprint density at radius 3 is 2.54 bits per heavy atom. The molecule has 0 bridgehead atoms. The first-order valence-electron chi connectivity index (χ1n) is 7.95. The van der Waals surface area contributed by atoms with E-state index in [1.807, 2.05) is 12.1 Å². The Hall–Kier alpha value is -3.18. The molecule has 1 aliphatic carbocycles. The lowest BCUT2D eigenvalue weighted by atomic mass is 9.80. The van der Waals surface area contributed by atoms with Gasteiger partial charge < -0.3 is 9.84 Å². The van der Waals surface area contributed by atoms with E-state index in [0.29, 0.717) is 32.9 Å². The predicted octanol–water partition coefficient (Wildman–Crippen LogP) is 4.32. The van der Waals surface area contributed by atoms with Crippen molar-refractivity contribution in [2.24, 2.45) is 0 Å². The van der Waals surface area contributed by atoms with E-state index in [4.69, 9.17) is 4.74 Å². The SMILES string of the molecule is COc1csc(C(=O)C=C2c3ccccc3C(=O)c3c(O)cccc32)c1. The number of rotatable bonds is 3. The monoisotopic (exact) mass is 362 g/mol. The smallest absolute Gasteiger partial charge is 0.197 e. The number of phenolic OH excluding ortho intramolecular Hbond substituents is 1. The van der Waals surface area contributed by atoms with E-state index in [2.05, 4.69) is 0 Å². The number of aromatic hydroxyl groups is 1. The highest BCUT2D eigenvalue weighted by molar-refractivity contribution is 7.12. The van der Waals surface area contributed by atoms with Crippen LogP contribution in [-0.4, -0.2) is 23.8 Å². The second-order valence-corrected chi connectivity index (χ2v) is 6.76. The molecule has 1 N–H and O–H groups in total. The van der Waals surface area contributed by atoms with Crippen LogP contribution in [0.4, 0.5) is 0 Å². The number of carbonyl (C=O) groups excluding carboxylic acids is 2. The molecule has 26 heavy (non-hydrogen) atoms. The fourth-order valence-electron chi connectivity index (χ4n) is 3.11. The fraction of sp³-hybridized carbons (Fsp3) is 0.0476. The van der Waals surface area contributed by atoms with Crippen molar-refractivity contribution in [3.8, 4) is 11.5 Å². The van der Waals surface area contributed by atoms with Gasteiger partial charge in [-0.2, -0.15) is 0 Å². The molecule has 0 spiro atoms. The van der Waals surface area contributed by atoms with Crippen LogP contribution >= 0.6 is 11.3 Å². The van der Waals surface area contributed by atoms with Crippen molar-refractivity contribution in [2.45, 2.75) is 0 Å². The number of carbonyl (C=O) groups is 2. The maximum absolute atomic E-state index is 12.8. The topological polar surface area (TPSA) is 63.6 Å². The number of allylic oxidation sites excluding steroid dienone is 1. The van der Waals surface area contributed by atoms with Gasteiger partial charge in [-0.1, -0.05) is 36.4 Å². The third kappa shape index (κ3) is 2.53. The molecule has 0 aliphatic heterocycles. The first kappa shape index (κ1) is 16.3. The highest BCUT2D eigenvalue weighted by Crippen LogP contribution is 2.39. The third-order valence-corrected chi connectivity index (χ3v) is 5.27. The van der Waals surface area contributed by atoms with Crippen molar-refractivity contribution in [3.63, 3.8) is 0 Å². The minimum atomic E-state index is -0.240. The summed E-state index contributed by atoms with van der Waals surface area (Å²) in [6.45, 7) is 0. The molecule has 1 aliphatic rings. The summed E-state index contributed by atoms with van der Waals surface area (Å²) in [5, 5.41) is 12.0. The van der Waals surface area contributed by atoms with Gasteiger partial charge in [0.15, 0.2) is 11.6 Å². The Bertz CT molecular complexity index is 1080. The van der Waals surface area contributed by atoms with E-state index in [0.717, 1.165) is 0 Å². The van der Waals surface area contributed by atoms with Crippen molar-refractivity contribution < 1.29 is 19.4 Å². The van der Waals surface area contributed by atoms with E-state index in [-0.39, 0.29) is 22.9 Å². The van der Waals surface area contributed by atoms with E-state index in [9.17, 15) is 14.7 Å². The van der Waals surface area contributed by atoms with E-state index in [1.165, 1.54) is 23.5 Å². The van der Waals surface area contributed by atoms with E-state index < -0.39 is 0 Å². The number of phenols is 1. The van der Waals surface area contributed by atoms with Gasteiger partial charge in [-0.15, -0.1) is 11.3 Å². The van der Waals surface area contributed by atoms with Crippen LogP contribution in [0.1, 0.15) is 36.7 Å². The highest BCUT2D eigenvalue weighted by atomic mass is 32.1. The van der Waals surface area contributed by atoms with E-state index >= 15 is 0 Å². The molecule has 1 aromatic heterocycles. The van der Waals surface area contributed by atoms with Gasteiger partial charge in [0.1, 0.15) is 11.5 Å². The molecule has 0 saturated heterocycles. The maximum atomic E-state index is 12.8. The summed E-state index contributed by atoms with van der Waals surface area (Å²) in [5.74, 6) is 0.134. The predicted molar refractivity (Wildman–Crippen MR) is 100 cm³/mol. The molecule has 0 radical (unpaired) electrons. The quantitative estimate of drug-likeness (QED) is 0.435. The molecule has 3 aromatic rings. The second kappa shape index (κ2) is 6.28. The maximum Gasteiger partial charge on any atom is 0.197 e. The molecule has 0 unspecified atom stereocenters.